The maximum absolute atomic E-state index is 13.5. The molecule has 0 spiro atoms. The first-order valence-corrected chi connectivity index (χ1v) is 10.3. The predicted molar refractivity (Wildman–Crippen MR) is 118 cm³/mol. The van der Waals surface area contributed by atoms with Gasteiger partial charge in [0.15, 0.2) is 0 Å². The number of rotatable bonds is 3. The van der Waals surface area contributed by atoms with Crippen molar-refractivity contribution in [3.63, 3.8) is 0 Å². The molecular weight excluding hydrogens is 511 g/mol. The highest BCUT2D eigenvalue weighted by Crippen LogP contribution is 2.39. The number of urea groups is 1. The Morgan fingerprint density at radius 1 is 1.19 bits per heavy atom. The zero-order valence-electron chi connectivity index (χ0n) is 21.2. The molecule has 0 radical (unpaired) electrons. The second-order valence-electron chi connectivity index (χ2n) is 7.45. The van der Waals surface area contributed by atoms with Crippen molar-refractivity contribution in [1.82, 2.24) is 5.01 Å². The van der Waals surface area contributed by atoms with Crippen molar-refractivity contribution in [1.29, 1.82) is 0 Å². The highest BCUT2D eigenvalue weighted by Gasteiger charge is 2.55. The third kappa shape index (κ3) is 4.54. The molecule has 190 valence electrons. The van der Waals surface area contributed by atoms with Crippen LogP contribution in [0.15, 0.2) is 47.6 Å². The monoisotopic (exact) mass is 530 g/mol. The molecule has 36 heavy (non-hydrogen) atoms. The molecule has 4 rings (SSSR count). The zero-order valence-corrected chi connectivity index (χ0v) is 18.9. The topological polar surface area (TPSA) is 107 Å². The lowest BCUT2D eigenvalue weighted by molar-refractivity contribution is -0.274. The molecule has 1 aliphatic carbocycles. The molecule has 0 N–H and O–H groups in total. The van der Waals surface area contributed by atoms with E-state index in [-0.39, 0.29) is 22.7 Å². The van der Waals surface area contributed by atoms with E-state index >= 15 is 0 Å². The number of fused-ring (bicyclic) bond motifs is 3. The Balaban J connectivity index is 1.74. The van der Waals surface area contributed by atoms with Crippen LogP contribution in [0.2, 0.25) is 5.02 Å². The Morgan fingerprint density at radius 2 is 1.92 bits per heavy atom. The summed E-state index contributed by atoms with van der Waals surface area (Å²) in [5, 5.41) is 5.19. The summed E-state index contributed by atoms with van der Waals surface area (Å²) in [6, 6.07) is 6.70. The minimum Gasteiger partial charge on any atom is -0.467 e. The van der Waals surface area contributed by atoms with E-state index in [0.717, 1.165) is 31.4 Å². The minimum absolute atomic E-state index is 0.0259. The summed E-state index contributed by atoms with van der Waals surface area (Å²) in [7, 11) is -2.15. The van der Waals surface area contributed by atoms with Crippen LogP contribution in [0, 0.1) is 0 Å². The van der Waals surface area contributed by atoms with Gasteiger partial charge in [0.2, 0.25) is 5.60 Å². The fourth-order valence-corrected chi connectivity index (χ4v) is 4.02. The number of hydrogen-bond acceptors (Lipinski definition) is 8. The molecule has 0 aromatic heterocycles. The van der Waals surface area contributed by atoms with E-state index in [1.54, 1.807) is 12.1 Å². The number of anilines is 1. The number of carbonyl (C=O) groups excluding carboxylic acids is 3. The fraction of sp³-hybridized carbons (Fsp3) is 0.273. The van der Waals surface area contributed by atoms with E-state index in [1.165, 1.54) is 6.07 Å². The minimum atomic E-state index is -5.01. The number of halogens is 4. The number of benzene rings is 2. The molecule has 0 fully saturated rings. The van der Waals surface area contributed by atoms with Crippen LogP contribution in [0.25, 0.3) is 0 Å². The number of nitrogens with zero attached hydrogens (tertiary/aromatic N) is 3. The summed E-state index contributed by atoms with van der Waals surface area (Å²) in [5.41, 5.74) is -1.21. The molecule has 2 aromatic carbocycles. The molecule has 0 saturated carbocycles. The van der Waals surface area contributed by atoms with Gasteiger partial charge in [0.1, 0.15) is 18.2 Å². The molecule has 1 aliphatic heterocycles. The molecule has 1 heterocycles. The number of esters is 1. The van der Waals surface area contributed by atoms with E-state index in [4.69, 9.17) is 25.2 Å². The van der Waals surface area contributed by atoms with Crippen molar-refractivity contribution in [2.45, 2.75) is 18.4 Å². The molecule has 0 saturated heterocycles. The highest BCUT2D eigenvalue weighted by atomic mass is 35.5. The molecule has 3 amide bonds. The quantitative estimate of drug-likeness (QED) is 0.550. The summed E-state index contributed by atoms with van der Waals surface area (Å²) in [6.07, 6.45) is -6.72. The predicted octanol–water partition coefficient (Wildman–Crippen LogP) is 4.09. The van der Waals surface area contributed by atoms with Crippen LogP contribution in [0.4, 0.5) is 28.4 Å². The van der Waals surface area contributed by atoms with Crippen molar-refractivity contribution in [3.8, 4) is 5.75 Å². The summed E-state index contributed by atoms with van der Waals surface area (Å²) >= 11 is 6.07. The number of alkyl halides is 3. The maximum atomic E-state index is 13.5. The van der Waals surface area contributed by atoms with Gasteiger partial charge in [0.25, 0.3) is 0 Å². The Bertz CT molecular complexity index is 1360. The smallest absolute Gasteiger partial charge is 0.467 e. The number of hydrazone groups is 1. The average molecular weight is 531 g/mol. The van der Waals surface area contributed by atoms with E-state index in [1.807, 2.05) is 0 Å². The van der Waals surface area contributed by atoms with Gasteiger partial charge in [-0.25, -0.2) is 14.4 Å². The fourth-order valence-electron chi connectivity index (χ4n) is 3.83. The van der Waals surface area contributed by atoms with Gasteiger partial charge >= 0.3 is 24.5 Å². The number of amides is 3. The van der Waals surface area contributed by atoms with E-state index in [0.29, 0.717) is 21.2 Å². The van der Waals surface area contributed by atoms with Crippen molar-refractivity contribution in [3.05, 3.63) is 58.6 Å². The molecule has 2 aliphatic rings. The zero-order chi connectivity index (χ0) is 28.8. The van der Waals surface area contributed by atoms with Crippen molar-refractivity contribution in [2.75, 3.05) is 25.8 Å². The molecular formula is C22H17ClF3N3O7. The van der Waals surface area contributed by atoms with Gasteiger partial charge < -0.3 is 18.9 Å². The second kappa shape index (κ2) is 9.32. The van der Waals surface area contributed by atoms with Crippen LogP contribution in [0.3, 0.4) is 0 Å². The largest absolute Gasteiger partial charge is 0.573 e. The SMILES string of the molecule is [2H]C([2H])([2H])OC(=O)N(C(=O)N1COC2(C(=O)OC)Cc3cc(Cl)ccc3C2=N1)c1ccc(OC(F)(F)F)cc1. The second-order valence-corrected chi connectivity index (χ2v) is 7.88. The third-order valence-electron chi connectivity index (χ3n) is 5.32. The van der Waals surface area contributed by atoms with Crippen LogP contribution in [0.1, 0.15) is 15.2 Å². The Hall–Kier alpha value is -3.84. The Morgan fingerprint density at radius 3 is 2.56 bits per heavy atom. The molecule has 1 unspecified atom stereocenters. The van der Waals surface area contributed by atoms with Gasteiger partial charge in [0.05, 0.1) is 23.9 Å². The first-order valence-electron chi connectivity index (χ1n) is 11.4. The summed E-state index contributed by atoms with van der Waals surface area (Å²) in [5.74, 6) is -1.49. The summed E-state index contributed by atoms with van der Waals surface area (Å²) < 4.78 is 78.0. The normalized spacial score (nSPS) is 20.1. The highest BCUT2D eigenvalue weighted by molar-refractivity contribution is 6.31. The van der Waals surface area contributed by atoms with Crippen LogP contribution in [-0.4, -0.2) is 61.7 Å². The number of imide groups is 1. The molecule has 1 atom stereocenters. The first-order chi connectivity index (χ1) is 18.1. The van der Waals surface area contributed by atoms with Crippen molar-refractivity contribution in [2.24, 2.45) is 5.10 Å². The van der Waals surface area contributed by atoms with E-state index in [9.17, 15) is 27.6 Å². The lowest BCUT2D eigenvalue weighted by Gasteiger charge is -2.35. The Labute approximate surface area is 210 Å². The number of methoxy groups -OCH3 is 2. The van der Waals surface area contributed by atoms with Crippen LogP contribution in [-0.2, 0) is 25.4 Å². The van der Waals surface area contributed by atoms with Crippen molar-refractivity contribution < 1.29 is 50.6 Å². The van der Waals surface area contributed by atoms with E-state index in [2.05, 4.69) is 14.6 Å². The number of hydrogen-bond donors (Lipinski definition) is 0. The lowest BCUT2D eigenvalue weighted by atomic mass is 9.97. The molecule has 0 bridgehead atoms. The first kappa shape index (κ1) is 21.4. The van der Waals surface area contributed by atoms with Crippen molar-refractivity contribution >= 4 is 41.1 Å². The number of carbonyl (C=O) groups is 3. The van der Waals surface area contributed by atoms with Gasteiger partial charge in [0, 0.05) is 17.0 Å². The van der Waals surface area contributed by atoms with Gasteiger partial charge in [-0.2, -0.15) is 15.0 Å². The maximum Gasteiger partial charge on any atom is 0.573 e. The standard InChI is InChI=1S/C22H17ClF3N3O7/c1-33-18(30)21-10-12-9-13(23)3-8-16(12)17(21)27-28(11-35-21)19(31)29(20(32)34-2)14-4-6-15(7-5-14)36-22(24,25)26/h3-9H,10-11H2,1-2H3/i2D3. The number of ether oxygens (including phenoxy) is 4. The van der Waals surface area contributed by atoms with Gasteiger partial charge in [-0.1, -0.05) is 17.7 Å². The van der Waals surface area contributed by atoms with E-state index < -0.39 is 49.6 Å². The summed E-state index contributed by atoms with van der Waals surface area (Å²) in [6.45, 7) is -0.702. The lowest BCUT2D eigenvalue weighted by Crippen LogP contribution is -2.56. The van der Waals surface area contributed by atoms with Crippen LogP contribution < -0.4 is 9.64 Å². The molecule has 2 aromatic rings. The van der Waals surface area contributed by atoms with Gasteiger partial charge in [-0.15, -0.1) is 13.2 Å². The van der Waals surface area contributed by atoms with Gasteiger partial charge in [-0.3, -0.25) is 0 Å². The average Bonchev–Trinajstić information content (AvgIpc) is 3.16. The van der Waals surface area contributed by atoms with Gasteiger partial charge in [-0.05, 0) is 42.0 Å². The molecule has 10 nitrogen and oxygen atoms in total. The third-order valence-corrected chi connectivity index (χ3v) is 5.56. The van der Waals surface area contributed by atoms with Crippen LogP contribution in [0.5, 0.6) is 5.75 Å². The Kier molecular flexibility index (Phi) is 5.55. The molecule has 14 heteroatoms. The van der Waals surface area contributed by atoms with Crippen LogP contribution >= 0.6 is 11.6 Å². The summed E-state index contributed by atoms with van der Waals surface area (Å²) in [4.78, 5) is 39.2.